The van der Waals surface area contributed by atoms with Gasteiger partial charge in [0.05, 0.1) is 7.11 Å². The summed E-state index contributed by atoms with van der Waals surface area (Å²) in [5.41, 5.74) is 6.64. The molecule has 0 saturated carbocycles. The third-order valence-corrected chi connectivity index (χ3v) is 2.41. The average molecular weight is 255 g/mol. The standard InChI is InChI=1S/C9H10O.C7H7NO/c1-3-8-4-6-9(10-2)7-5-8;8-7(9)6-4-2-1-3-5-6/h3-7H,1H2,2H3;1-5H,(H2,8,9). The maximum absolute atomic E-state index is 10.4. The van der Waals surface area contributed by atoms with E-state index in [4.69, 9.17) is 10.5 Å². The molecule has 2 N–H and O–H groups in total. The zero-order valence-corrected chi connectivity index (χ0v) is 10.9. The summed E-state index contributed by atoms with van der Waals surface area (Å²) in [6, 6.07) is 16.5. The van der Waals surface area contributed by atoms with Crippen molar-refractivity contribution in [3.8, 4) is 5.75 Å². The van der Waals surface area contributed by atoms with Gasteiger partial charge in [0, 0.05) is 5.56 Å². The lowest BCUT2D eigenvalue weighted by molar-refractivity contribution is 0.100. The van der Waals surface area contributed by atoms with E-state index in [1.165, 1.54) is 0 Å². The molecule has 98 valence electrons. The Balaban J connectivity index is 0.000000191. The van der Waals surface area contributed by atoms with Crippen molar-refractivity contribution in [2.24, 2.45) is 5.73 Å². The lowest BCUT2D eigenvalue weighted by Gasteiger charge is -1.97. The molecule has 0 radical (unpaired) electrons. The molecule has 0 aliphatic heterocycles. The monoisotopic (exact) mass is 255 g/mol. The lowest BCUT2D eigenvalue weighted by atomic mass is 10.2. The second-order valence-corrected chi connectivity index (χ2v) is 3.71. The Morgan fingerprint density at radius 3 is 2.05 bits per heavy atom. The molecule has 0 atom stereocenters. The van der Waals surface area contributed by atoms with E-state index in [2.05, 4.69) is 6.58 Å². The Labute approximate surface area is 113 Å². The number of methoxy groups -OCH3 is 1. The Kier molecular flexibility index (Phi) is 5.89. The molecular weight excluding hydrogens is 238 g/mol. The van der Waals surface area contributed by atoms with Crippen molar-refractivity contribution in [3.63, 3.8) is 0 Å². The van der Waals surface area contributed by atoms with Gasteiger partial charge in [0.2, 0.25) is 5.91 Å². The second kappa shape index (κ2) is 7.71. The van der Waals surface area contributed by atoms with Crippen molar-refractivity contribution in [1.29, 1.82) is 0 Å². The predicted octanol–water partition coefficient (Wildman–Crippen LogP) is 3.12. The molecule has 0 aromatic heterocycles. The average Bonchev–Trinajstić information content (AvgIpc) is 2.49. The van der Waals surface area contributed by atoms with Crippen LogP contribution in [0.5, 0.6) is 5.75 Å². The molecule has 2 rings (SSSR count). The highest BCUT2D eigenvalue weighted by molar-refractivity contribution is 5.92. The molecular formula is C16H17NO2. The molecule has 1 amide bonds. The molecule has 0 saturated heterocycles. The van der Waals surface area contributed by atoms with Gasteiger partial charge in [0.25, 0.3) is 0 Å². The maximum atomic E-state index is 10.4. The Bertz CT molecular complexity index is 518. The summed E-state index contributed by atoms with van der Waals surface area (Å²) >= 11 is 0. The molecule has 3 nitrogen and oxygen atoms in total. The van der Waals surface area contributed by atoms with Gasteiger partial charge in [-0.15, -0.1) is 0 Å². The third-order valence-electron chi connectivity index (χ3n) is 2.41. The Hall–Kier alpha value is -2.55. The van der Waals surface area contributed by atoms with Gasteiger partial charge in [-0.2, -0.15) is 0 Å². The predicted molar refractivity (Wildman–Crippen MR) is 78.0 cm³/mol. The van der Waals surface area contributed by atoms with E-state index in [1.807, 2.05) is 30.3 Å². The number of primary amides is 1. The van der Waals surface area contributed by atoms with E-state index in [9.17, 15) is 4.79 Å². The van der Waals surface area contributed by atoms with Gasteiger partial charge in [-0.05, 0) is 29.8 Å². The zero-order valence-electron chi connectivity index (χ0n) is 10.9. The number of hydrogen-bond donors (Lipinski definition) is 1. The van der Waals surface area contributed by atoms with E-state index in [-0.39, 0.29) is 5.91 Å². The van der Waals surface area contributed by atoms with Crippen LogP contribution in [0.2, 0.25) is 0 Å². The van der Waals surface area contributed by atoms with Gasteiger partial charge in [-0.1, -0.05) is 43.0 Å². The fourth-order valence-electron chi connectivity index (χ4n) is 1.34. The molecule has 0 spiro atoms. The van der Waals surface area contributed by atoms with Crippen LogP contribution >= 0.6 is 0 Å². The van der Waals surface area contributed by atoms with Crippen LogP contribution in [0.15, 0.2) is 61.2 Å². The number of amides is 1. The van der Waals surface area contributed by atoms with Gasteiger partial charge in [-0.25, -0.2) is 0 Å². The van der Waals surface area contributed by atoms with Crippen molar-refractivity contribution < 1.29 is 9.53 Å². The first-order valence-electron chi connectivity index (χ1n) is 5.78. The van der Waals surface area contributed by atoms with Crippen LogP contribution in [-0.4, -0.2) is 13.0 Å². The first-order chi connectivity index (χ1) is 9.17. The number of ether oxygens (including phenoxy) is 1. The molecule has 3 heteroatoms. The molecule has 2 aromatic rings. The second-order valence-electron chi connectivity index (χ2n) is 3.71. The van der Waals surface area contributed by atoms with Gasteiger partial charge in [-0.3, -0.25) is 4.79 Å². The van der Waals surface area contributed by atoms with Crippen LogP contribution in [-0.2, 0) is 0 Å². The number of benzene rings is 2. The number of hydrogen-bond acceptors (Lipinski definition) is 2. The minimum absolute atomic E-state index is 0.379. The molecule has 0 fully saturated rings. The van der Waals surface area contributed by atoms with Crippen LogP contribution in [0.3, 0.4) is 0 Å². The smallest absolute Gasteiger partial charge is 0.248 e. The van der Waals surface area contributed by atoms with Crippen LogP contribution in [0, 0.1) is 0 Å². The van der Waals surface area contributed by atoms with Crippen LogP contribution < -0.4 is 10.5 Å². The molecule has 0 aliphatic carbocycles. The SMILES string of the molecule is C=Cc1ccc(OC)cc1.NC(=O)c1ccccc1. The number of rotatable bonds is 3. The molecule has 0 unspecified atom stereocenters. The van der Waals surface area contributed by atoms with Gasteiger partial charge in [0.15, 0.2) is 0 Å². The molecule has 0 heterocycles. The number of carbonyl (C=O) groups excluding carboxylic acids is 1. The van der Waals surface area contributed by atoms with E-state index in [1.54, 1.807) is 37.5 Å². The zero-order chi connectivity index (χ0) is 14.1. The van der Waals surface area contributed by atoms with Crippen molar-refractivity contribution in [1.82, 2.24) is 0 Å². The molecule has 19 heavy (non-hydrogen) atoms. The summed E-state index contributed by atoms with van der Waals surface area (Å²) < 4.78 is 4.98. The van der Waals surface area contributed by atoms with E-state index in [0.717, 1.165) is 11.3 Å². The third kappa shape index (κ3) is 5.08. The quantitative estimate of drug-likeness (QED) is 0.916. The van der Waals surface area contributed by atoms with Crippen LogP contribution in [0.4, 0.5) is 0 Å². The molecule has 0 aliphatic rings. The summed E-state index contributed by atoms with van der Waals surface area (Å²) in [5.74, 6) is 0.501. The highest BCUT2D eigenvalue weighted by Gasteiger charge is 1.93. The Morgan fingerprint density at radius 2 is 1.68 bits per heavy atom. The van der Waals surface area contributed by atoms with Gasteiger partial charge < -0.3 is 10.5 Å². The van der Waals surface area contributed by atoms with E-state index < -0.39 is 0 Å². The topological polar surface area (TPSA) is 52.3 Å². The molecule has 2 aromatic carbocycles. The van der Waals surface area contributed by atoms with Crippen molar-refractivity contribution >= 4 is 12.0 Å². The number of carbonyl (C=O) groups is 1. The fourth-order valence-corrected chi connectivity index (χ4v) is 1.34. The van der Waals surface area contributed by atoms with Crippen LogP contribution in [0.25, 0.3) is 6.08 Å². The number of nitrogens with two attached hydrogens (primary N) is 1. The van der Waals surface area contributed by atoms with E-state index in [0.29, 0.717) is 5.56 Å². The highest BCUT2D eigenvalue weighted by atomic mass is 16.5. The van der Waals surface area contributed by atoms with Gasteiger partial charge in [0.1, 0.15) is 5.75 Å². The summed E-state index contributed by atoms with van der Waals surface area (Å²) in [4.78, 5) is 10.4. The minimum Gasteiger partial charge on any atom is -0.497 e. The molecule has 0 bridgehead atoms. The maximum Gasteiger partial charge on any atom is 0.248 e. The van der Waals surface area contributed by atoms with Crippen molar-refractivity contribution in [2.75, 3.05) is 7.11 Å². The minimum atomic E-state index is -0.379. The fraction of sp³-hybridized carbons (Fsp3) is 0.0625. The van der Waals surface area contributed by atoms with Gasteiger partial charge >= 0.3 is 0 Å². The van der Waals surface area contributed by atoms with E-state index >= 15 is 0 Å². The summed E-state index contributed by atoms with van der Waals surface area (Å²) in [5, 5.41) is 0. The highest BCUT2D eigenvalue weighted by Crippen LogP contribution is 2.11. The normalized spacial score (nSPS) is 8.89. The first-order valence-corrected chi connectivity index (χ1v) is 5.78. The first kappa shape index (κ1) is 14.5. The Morgan fingerprint density at radius 1 is 1.11 bits per heavy atom. The summed E-state index contributed by atoms with van der Waals surface area (Å²) in [7, 11) is 1.66. The largest absolute Gasteiger partial charge is 0.497 e. The van der Waals surface area contributed by atoms with Crippen LogP contribution in [0.1, 0.15) is 15.9 Å². The van der Waals surface area contributed by atoms with Crippen molar-refractivity contribution in [3.05, 3.63) is 72.3 Å². The summed E-state index contributed by atoms with van der Waals surface area (Å²) in [6.45, 7) is 3.65. The van der Waals surface area contributed by atoms with Crippen molar-refractivity contribution in [2.45, 2.75) is 0 Å². The lowest BCUT2D eigenvalue weighted by Crippen LogP contribution is -2.09. The summed E-state index contributed by atoms with van der Waals surface area (Å²) in [6.07, 6.45) is 1.80.